The van der Waals surface area contributed by atoms with E-state index in [-0.39, 0.29) is 24.4 Å². The van der Waals surface area contributed by atoms with E-state index in [1.165, 1.54) is 17.2 Å². The molecule has 3 aromatic rings. The molecule has 12 heteroatoms. The molecular weight excluding hydrogens is 435 g/mol. The van der Waals surface area contributed by atoms with Crippen LogP contribution in [0.15, 0.2) is 43.0 Å². The van der Waals surface area contributed by atoms with Crippen molar-refractivity contribution in [2.24, 2.45) is 0 Å². The molecule has 0 unspecified atom stereocenters. The summed E-state index contributed by atoms with van der Waals surface area (Å²) in [6.45, 7) is 4.25. The van der Waals surface area contributed by atoms with Crippen LogP contribution >= 0.6 is 11.6 Å². The average Bonchev–Trinajstić information content (AvgIpc) is 3.27. The van der Waals surface area contributed by atoms with Gasteiger partial charge in [0, 0.05) is 36.5 Å². The smallest absolute Gasteiger partial charge is 0.352 e. The Labute approximate surface area is 181 Å². The van der Waals surface area contributed by atoms with Crippen molar-refractivity contribution >= 4 is 23.5 Å². The summed E-state index contributed by atoms with van der Waals surface area (Å²) in [6, 6.07) is 4.49. The lowest BCUT2D eigenvalue weighted by atomic mass is 10.1. The van der Waals surface area contributed by atoms with E-state index in [1.54, 1.807) is 30.0 Å². The van der Waals surface area contributed by atoms with Gasteiger partial charge in [0.05, 0.1) is 29.2 Å². The van der Waals surface area contributed by atoms with Crippen molar-refractivity contribution in [2.75, 3.05) is 18.4 Å². The third-order valence-corrected chi connectivity index (χ3v) is 4.73. The van der Waals surface area contributed by atoms with E-state index in [0.29, 0.717) is 35.2 Å². The summed E-state index contributed by atoms with van der Waals surface area (Å²) in [5.74, 6) is -0.231. The first kappa shape index (κ1) is 22.5. The van der Waals surface area contributed by atoms with Crippen molar-refractivity contribution in [3.05, 3.63) is 59.1 Å². The number of nitrogens with zero attached hydrogens (tertiary/aromatic N) is 6. The van der Waals surface area contributed by atoms with Crippen LogP contribution in [0, 0.1) is 0 Å². The summed E-state index contributed by atoms with van der Waals surface area (Å²) in [7, 11) is 0. The summed E-state index contributed by atoms with van der Waals surface area (Å²) in [5, 5.41) is 11.4. The third-order valence-electron chi connectivity index (χ3n) is 4.49. The molecule has 31 heavy (non-hydrogen) atoms. The zero-order valence-corrected chi connectivity index (χ0v) is 17.4. The number of aromatic nitrogens is 5. The minimum absolute atomic E-state index is 0.0382. The molecule has 8 nitrogen and oxygen atoms in total. The average molecular weight is 454 g/mol. The monoisotopic (exact) mass is 453 g/mol. The van der Waals surface area contributed by atoms with Crippen LogP contribution < -0.4 is 5.32 Å². The zero-order valence-electron chi connectivity index (χ0n) is 16.6. The second kappa shape index (κ2) is 9.29. The van der Waals surface area contributed by atoms with E-state index >= 15 is 0 Å². The molecule has 0 radical (unpaired) electrons. The topological polar surface area (TPSA) is 88.8 Å². The summed E-state index contributed by atoms with van der Waals surface area (Å²) >= 11 is 6.08. The van der Waals surface area contributed by atoms with E-state index in [1.807, 2.05) is 6.92 Å². The number of anilines is 1. The summed E-state index contributed by atoms with van der Waals surface area (Å²) in [4.78, 5) is 23.5. The molecule has 1 N–H and O–H groups in total. The van der Waals surface area contributed by atoms with Gasteiger partial charge in [-0.2, -0.15) is 28.2 Å². The quantitative estimate of drug-likeness (QED) is 0.587. The molecule has 0 aliphatic carbocycles. The van der Waals surface area contributed by atoms with Crippen molar-refractivity contribution in [3.8, 4) is 5.69 Å². The molecule has 0 aliphatic rings. The van der Waals surface area contributed by atoms with Crippen LogP contribution in [0.5, 0.6) is 0 Å². The largest absolute Gasteiger partial charge is 0.419 e. The summed E-state index contributed by atoms with van der Waals surface area (Å²) in [6.07, 6.45) is -0.108. The molecule has 0 saturated heterocycles. The molecule has 0 bridgehead atoms. The van der Waals surface area contributed by atoms with E-state index in [2.05, 4.69) is 25.5 Å². The Morgan fingerprint density at radius 2 is 1.87 bits per heavy atom. The van der Waals surface area contributed by atoms with Crippen LogP contribution in [-0.4, -0.2) is 54.9 Å². The molecule has 0 spiro atoms. The number of alkyl halides is 3. The first-order valence-corrected chi connectivity index (χ1v) is 9.68. The van der Waals surface area contributed by atoms with Crippen molar-refractivity contribution in [1.29, 1.82) is 0 Å². The second-order valence-corrected chi connectivity index (χ2v) is 7.03. The van der Waals surface area contributed by atoms with Crippen molar-refractivity contribution in [1.82, 2.24) is 29.9 Å². The zero-order chi connectivity index (χ0) is 22.6. The Kier molecular flexibility index (Phi) is 6.74. The Morgan fingerprint density at radius 1 is 1.23 bits per heavy atom. The maximum atomic E-state index is 13.2. The van der Waals surface area contributed by atoms with Crippen LogP contribution in [0.1, 0.15) is 29.8 Å². The van der Waals surface area contributed by atoms with Crippen molar-refractivity contribution < 1.29 is 18.0 Å². The van der Waals surface area contributed by atoms with Gasteiger partial charge in [0.15, 0.2) is 0 Å². The van der Waals surface area contributed by atoms with E-state index in [4.69, 9.17) is 11.6 Å². The van der Waals surface area contributed by atoms with Crippen LogP contribution in [0.25, 0.3) is 5.69 Å². The van der Waals surface area contributed by atoms with Gasteiger partial charge in [-0.3, -0.25) is 4.79 Å². The van der Waals surface area contributed by atoms with Gasteiger partial charge in [-0.25, -0.2) is 9.97 Å². The van der Waals surface area contributed by atoms with Gasteiger partial charge in [0.1, 0.15) is 0 Å². The third kappa shape index (κ3) is 5.29. The predicted molar refractivity (Wildman–Crippen MR) is 108 cm³/mol. The standard InChI is InChI=1S/C19H19ClF3N7O/c1-3-29(12(2)9-24-18-25-10-13(11-26-18)19(21,22)23)17(31)15-5-4-14(20)8-16(15)30-27-6-7-28-30/h4-8,10-12H,3,9H2,1-2H3,(H,24,25,26)/t12-/m0/s1. The SMILES string of the molecule is CCN(C(=O)c1ccc(Cl)cc1-n1nccn1)[C@@H](C)CNc1ncc(C(F)(F)F)cn1. The number of carbonyl (C=O) groups excluding carboxylic acids is 1. The molecule has 0 aliphatic heterocycles. The fourth-order valence-electron chi connectivity index (χ4n) is 2.92. The molecule has 1 aromatic carbocycles. The number of rotatable bonds is 7. The van der Waals surface area contributed by atoms with Crippen LogP contribution in [-0.2, 0) is 6.18 Å². The Bertz CT molecular complexity index is 1030. The first-order chi connectivity index (χ1) is 14.7. The number of halogens is 4. The number of likely N-dealkylation sites (N-methyl/N-ethyl adjacent to an activating group) is 1. The minimum Gasteiger partial charge on any atom is -0.352 e. The number of benzene rings is 1. The van der Waals surface area contributed by atoms with E-state index in [0.717, 1.165) is 0 Å². The minimum atomic E-state index is -4.50. The van der Waals surface area contributed by atoms with Gasteiger partial charge in [0.2, 0.25) is 5.95 Å². The Hall–Kier alpha value is -3.21. The van der Waals surface area contributed by atoms with Gasteiger partial charge < -0.3 is 10.2 Å². The van der Waals surface area contributed by atoms with Gasteiger partial charge in [-0.15, -0.1) is 0 Å². The fraction of sp³-hybridized carbons (Fsp3) is 0.316. The second-order valence-electron chi connectivity index (χ2n) is 6.59. The lowest BCUT2D eigenvalue weighted by molar-refractivity contribution is -0.138. The molecule has 1 amide bonds. The van der Waals surface area contributed by atoms with Crippen LogP contribution in [0.2, 0.25) is 5.02 Å². The molecule has 1 atom stereocenters. The first-order valence-electron chi connectivity index (χ1n) is 9.31. The van der Waals surface area contributed by atoms with Crippen LogP contribution in [0.4, 0.5) is 19.1 Å². The maximum absolute atomic E-state index is 13.2. The number of carbonyl (C=O) groups is 1. The van der Waals surface area contributed by atoms with Gasteiger partial charge >= 0.3 is 6.18 Å². The number of hydrogen-bond donors (Lipinski definition) is 1. The van der Waals surface area contributed by atoms with E-state index < -0.39 is 11.7 Å². The fourth-order valence-corrected chi connectivity index (χ4v) is 3.08. The van der Waals surface area contributed by atoms with E-state index in [9.17, 15) is 18.0 Å². The number of amides is 1. The highest BCUT2D eigenvalue weighted by molar-refractivity contribution is 6.31. The van der Waals surface area contributed by atoms with Crippen molar-refractivity contribution in [3.63, 3.8) is 0 Å². The number of hydrogen-bond acceptors (Lipinski definition) is 6. The van der Waals surface area contributed by atoms with Gasteiger partial charge in [0.25, 0.3) is 5.91 Å². The Balaban J connectivity index is 1.74. The normalized spacial score (nSPS) is 12.5. The molecule has 0 fully saturated rings. The highest BCUT2D eigenvalue weighted by atomic mass is 35.5. The highest BCUT2D eigenvalue weighted by Crippen LogP contribution is 2.28. The number of nitrogens with one attached hydrogen (secondary N) is 1. The maximum Gasteiger partial charge on any atom is 0.419 e. The summed E-state index contributed by atoms with van der Waals surface area (Å²) in [5.41, 5.74) is -0.133. The molecule has 0 saturated carbocycles. The van der Waals surface area contributed by atoms with Crippen LogP contribution in [0.3, 0.4) is 0 Å². The van der Waals surface area contributed by atoms with Gasteiger partial charge in [-0.05, 0) is 32.0 Å². The molecule has 3 rings (SSSR count). The molecule has 2 heterocycles. The molecule has 164 valence electrons. The lowest BCUT2D eigenvalue weighted by Crippen LogP contribution is -2.42. The highest BCUT2D eigenvalue weighted by Gasteiger charge is 2.31. The summed E-state index contributed by atoms with van der Waals surface area (Å²) < 4.78 is 37.9. The Morgan fingerprint density at radius 3 is 2.45 bits per heavy atom. The lowest BCUT2D eigenvalue weighted by Gasteiger charge is -2.29. The van der Waals surface area contributed by atoms with Gasteiger partial charge in [-0.1, -0.05) is 11.6 Å². The predicted octanol–water partition coefficient (Wildman–Crippen LogP) is 3.69. The van der Waals surface area contributed by atoms with Crippen molar-refractivity contribution in [2.45, 2.75) is 26.1 Å². The molecular formula is C19H19ClF3N7O. The molecule has 2 aromatic heterocycles.